The van der Waals surface area contributed by atoms with Gasteiger partial charge < -0.3 is 20.7 Å². The van der Waals surface area contributed by atoms with Gasteiger partial charge >= 0.3 is 0 Å². The molecule has 0 saturated carbocycles. The molecule has 8 nitrogen and oxygen atoms in total. The zero-order chi connectivity index (χ0) is 21.1. The van der Waals surface area contributed by atoms with E-state index < -0.39 is 0 Å². The first-order valence-corrected chi connectivity index (χ1v) is 9.97. The van der Waals surface area contributed by atoms with Gasteiger partial charge in [0.25, 0.3) is 5.91 Å². The van der Waals surface area contributed by atoms with Crippen molar-refractivity contribution in [3.8, 4) is 5.75 Å². The molecule has 2 aromatic carbocycles. The minimum Gasteiger partial charge on any atom is -0.482 e. The molecule has 2 aromatic rings. The van der Waals surface area contributed by atoms with Gasteiger partial charge in [0.2, 0.25) is 11.8 Å². The SMILES string of the molecule is NC(=O)C1CCN(c2ccc(NC(=O)CN3C(=O)COc4ccccc43)cc2)CC1. The molecule has 0 unspecified atom stereocenters. The molecule has 4 rings (SSSR count). The zero-order valence-electron chi connectivity index (χ0n) is 16.5. The van der Waals surface area contributed by atoms with Gasteiger partial charge in [-0.05, 0) is 49.2 Å². The van der Waals surface area contributed by atoms with Gasteiger partial charge in [0.15, 0.2) is 6.61 Å². The van der Waals surface area contributed by atoms with Gasteiger partial charge in [-0.25, -0.2) is 0 Å². The second kappa shape index (κ2) is 8.44. The number of carbonyl (C=O) groups excluding carboxylic acids is 3. The fourth-order valence-electron chi connectivity index (χ4n) is 3.85. The average Bonchev–Trinajstić information content (AvgIpc) is 2.76. The number of piperidine rings is 1. The van der Waals surface area contributed by atoms with Gasteiger partial charge in [0.1, 0.15) is 12.3 Å². The molecule has 2 aliphatic rings. The van der Waals surface area contributed by atoms with Crippen LogP contribution in [0.5, 0.6) is 5.75 Å². The van der Waals surface area contributed by atoms with Crippen LogP contribution in [0.1, 0.15) is 12.8 Å². The number of rotatable bonds is 5. The molecule has 0 atom stereocenters. The number of para-hydroxylation sites is 2. The van der Waals surface area contributed by atoms with Crippen LogP contribution in [0.3, 0.4) is 0 Å². The molecule has 3 amide bonds. The van der Waals surface area contributed by atoms with Crippen molar-refractivity contribution in [3.05, 3.63) is 48.5 Å². The number of hydrogen-bond acceptors (Lipinski definition) is 5. The van der Waals surface area contributed by atoms with Gasteiger partial charge in [-0.15, -0.1) is 0 Å². The Morgan fingerprint density at radius 1 is 1.07 bits per heavy atom. The molecule has 8 heteroatoms. The van der Waals surface area contributed by atoms with Crippen LogP contribution in [-0.4, -0.2) is 44.0 Å². The number of amides is 3. The number of ether oxygens (including phenoxy) is 1. The molecule has 0 aliphatic carbocycles. The third kappa shape index (κ3) is 4.22. The summed E-state index contributed by atoms with van der Waals surface area (Å²) in [7, 11) is 0. The van der Waals surface area contributed by atoms with Crippen molar-refractivity contribution in [2.75, 3.05) is 41.4 Å². The molecule has 1 fully saturated rings. The summed E-state index contributed by atoms with van der Waals surface area (Å²) in [4.78, 5) is 39.7. The van der Waals surface area contributed by atoms with Crippen molar-refractivity contribution in [3.63, 3.8) is 0 Å². The van der Waals surface area contributed by atoms with Crippen molar-refractivity contribution in [1.29, 1.82) is 0 Å². The largest absolute Gasteiger partial charge is 0.482 e. The van der Waals surface area contributed by atoms with Crippen LogP contribution in [0.2, 0.25) is 0 Å². The van der Waals surface area contributed by atoms with E-state index in [1.165, 1.54) is 4.90 Å². The third-order valence-corrected chi connectivity index (χ3v) is 5.52. The molecule has 30 heavy (non-hydrogen) atoms. The lowest BCUT2D eigenvalue weighted by Crippen LogP contribution is -2.43. The van der Waals surface area contributed by atoms with Crippen LogP contribution in [0.25, 0.3) is 0 Å². The Labute approximate surface area is 174 Å². The maximum absolute atomic E-state index is 12.5. The van der Waals surface area contributed by atoms with Crippen molar-refractivity contribution in [2.45, 2.75) is 12.8 Å². The minimum atomic E-state index is -0.282. The molecular weight excluding hydrogens is 384 g/mol. The predicted octanol–water partition coefficient (Wildman–Crippen LogP) is 1.75. The van der Waals surface area contributed by atoms with Gasteiger partial charge in [0, 0.05) is 30.4 Å². The number of nitrogens with two attached hydrogens (primary N) is 1. The molecule has 0 radical (unpaired) electrons. The fraction of sp³-hybridized carbons (Fsp3) is 0.318. The molecule has 0 spiro atoms. The van der Waals surface area contributed by atoms with Gasteiger partial charge in [-0.1, -0.05) is 12.1 Å². The smallest absolute Gasteiger partial charge is 0.265 e. The van der Waals surface area contributed by atoms with Crippen molar-refractivity contribution in [1.82, 2.24) is 0 Å². The van der Waals surface area contributed by atoms with E-state index in [0.29, 0.717) is 17.1 Å². The zero-order valence-corrected chi connectivity index (χ0v) is 16.5. The number of anilines is 3. The molecule has 2 heterocycles. The summed E-state index contributed by atoms with van der Waals surface area (Å²) in [5.74, 6) is -0.218. The van der Waals surface area contributed by atoms with Crippen LogP contribution >= 0.6 is 0 Å². The van der Waals surface area contributed by atoms with Crippen molar-refractivity contribution in [2.24, 2.45) is 11.7 Å². The lowest BCUT2D eigenvalue weighted by molar-refractivity contribution is -0.123. The standard InChI is InChI=1S/C22H24N4O4/c23-22(29)15-9-11-25(12-10-15)17-7-5-16(6-8-17)24-20(27)13-26-18-3-1-2-4-19(18)30-14-21(26)28/h1-8,15H,9-14H2,(H2,23,29)(H,24,27). The lowest BCUT2D eigenvalue weighted by atomic mass is 9.96. The highest BCUT2D eigenvalue weighted by molar-refractivity contribution is 6.05. The van der Waals surface area contributed by atoms with Crippen LogP contribution in [0.4, 0.5) is 17.1 Å². The highest BCUT2D eigenvalue weighted by Crippen LogP contribution is 2.31. The number of nitrogens with one attached hydrogen (secondary N) is 1. The van der Waals surface area contributed by atoms with Crippen molar-refractivity contribution >= 4 is 34.8 Å². The Balaban J connectivity index is 1.35. The van der Waals surface area contributed by atoms with Gasteiger partial charge in [-0.2, -0.15) is 0 Å². The Kier molecular flexibility index (Phi) is 5.56. The quantitative estimate of drug-likeness (QED) is 0.784. The highest BCUT2D eigenvalue weighted by Gasteiger charge is 2.27. The highest BCUT2D eigenvalue weighted by atomic mass is 16.5. The number of fused-ring (bicyclic) bond motifs is 1. The Bertz CT molecular complexity index is 952. The Hall–Kier alpha value is -3.55. The van der Waals surface area contributed by atoms with E-state index in [1.807, 2.05) is 30.3 Å². The summed E-state index contributed by atoms with van der Waals surface area (Å²) in [5.41, 5.74) is 7.68. The number of carbonyl (C=O) groups is 3. The average molecular weight is 408 g/mol. The first-order chi connectivity index (χ1) is 14.5. The minimum absolute atomic E-state index is 0.0483. The second-order valence-corrected chi connectivity index (χ2v) is 7.50. The molecule has 156 valence electrons. The summed E-state index contributed by atoms with van der Waals surface area (Å²) < 4.78 is 5.40. The summed E-state index contributed by atoms with van der Waals surface area (Å²) in [6.45, 7) is 1.39. The fourth-order valence-corrected chi connectivity index (χ4v) is 3.85. The van der Waals surface area contributed by atoms with E-state index in [0.717, 1.165) is 31.6 Å². The van der Waals surface area contributed by atoms with Gasteiger partial charge in [0.05, 0.1) is 5.69 Å². The van der Waals surface area contributed by atoms with Crippen LogP contribution in [-0.2, 0) is 14.4 Å². The summed E-state index contributed by atoms with van der Waals surface area (Å²) >= 11 is 0. The van der Waals surface area contributed by atoms with E-state index in [2.05, 4.69) is 10.2 Å². The van der Waals surface area contributed by atoms with E-state index in [-0.39, 0.29) is 36.8 Å². The first-order valence-electron chi connectivity index (χ1n) is 9.97. The Morgan fingerprint density at radius 2 is 1.77 bits per heavy atom. The maximum atomic E-state index is 12.5. The first kappa shape index (κ1) is 19.8. The van der Waals surface area contributed by atoms with E-state index in [9.17, 15) is 14.4 Å². The molecule has 1 saturated heterocycles. The number of nitrogens with zero attached hydrogens (tertiary/aromatic N) is 2. The van der Waals surface area contributed by atoms with Crippen LogP contribution in [0, 0.1) is 5.92 Å². The number of hydrogen-bond donors (Lipinski definition) is 2. The summed E-state index contributed by atoms with van der Waals surface area (Å²) in [6, 6.07) is 14.7. The second-order valence-electron chi connectivity index (χ2n) is 7.50. The normalized spacial score (nSPS) is 16.6. The van der Waals surface area contributed by atoms with Crippen LogP contribution < -0.4 is 25.6 Å². The summed E-state index contributed by atoms with van der Waals surface area (Å²) in [6.07, 6.45) is 1.51. The summed E-state index contributed by atoms with van der Waals surface area (Å²) in [5, 5.41) is 2.84. The van der Waals surface area contributed by atoms with Gasteiger partial charge in [-0.3, -0.25) is 19.3 Å². The molecule has 2 aliphatic heterocycles. The molecule has 3 N–H and O–H groups in total. The maximum Gasteiger partial charge on any atom is 0.265 e. The predicted molar refractivity (Wildman–Crippen MR) is 113 cm³/mol. The number of benzene rings is 2. The van der Waals surface area contributed by atoms with Crippen molar-refractivity contribution < 1.29 is 19.1 Å². The topological polar surface area (TPSA) is 105 Å². The Morgan fingerprint density at radius 3 is 2.47 bits per heavy atom. The van der Waals surface area contributed by atoms with E-state index in [1.54, 1.807) is 18.2 Å². The molecule has 0 bridgehead atoms. The van der Waals surface area contributed by atoms with E-state index in [4.69, 9.17) is 10.5 Å². The lowest BCUT2D eigenvalue weighted by Gasteiger charge is -2.32. The third-order valence-electron chi connectivity index (χ3n) is 5.52. The van der Waals surface area contributed by atoms with E-state index >= 15 is 0 Å². The van der Waals surface area contributed by atoms with Crippen LogP contribution in [0.15, 0.2) is 48.5 Å². The number of primary amides is 1. The monoisotopic (exact) mass is 408 g/mol. The molecule has 0 aromatic heterocycles. The molecular formula is C22H24N4O4.